The molecule has 2 rings (SSSR count). The van der Waals surface area contributed by atoms with Crippen LogP contribution in [0.3, 0.4) is 0 Å². The quantitative estimate of drug-likeness (QED) is 0.728. The molecule has 2 aromatic rings. The summed E-state index contributed by atoms with van der Waals surface area (Å²) in [6, 6.07) is 7.68. The van der Waals surface area contributed by atoms with Crippen molar-refractivity contribution >= 4 is 49.1 Å². The number of benzene rings is 2. The first-order valence-electron chi connectivity index (χ1n) is 5.70. The third-order valence-corrected chi connectivity index (χ3v) is 3.92. The molecule has 0 aliphatic rings. The van der Waals surface area contributed by atoms with Crippen LogP contribution in [0.5, 0.6) is 0 Å². The predicted octanol–water partition coefficient (Wildman–Crippen LogP) is 4.49. The Morgan fingerprint density at radius 2 is 1.90 bits per heavy atom. The number of nitrogens with one attached hydrogen (secondary N) is 1. The molecular formula is C14H11Br2FN2O. The second-order valence-corrected chi connectivity index (χ2v) is 6.00. The van der Waals surface area contributed by atoms with Crippen LogP contribution in [0.1, 0.15) is 15.9 Å². The smallest absolute Gasteiger partial charge is 0.255 e. The fraction of sp³-hybridized carbons (Fsp3) is 0.0714. The van der Waals surface area contributed by atoms with Gasteiger partial charge in [0.05, 0.1) is 15.8 Å². The normalized spacial score (nSPS) is 10.4. The highest BCUT2D eigenvalue weighted by molar-refractivity contribution is 9.10. The molecule has 0 atom stereocenters. The summed E-state index contributed by atoms with van der Waals surface area (Å²) in [4.78, 5) is 12.1. The Morgan fingerprint density at radius 1 is 1.20 bits per heavy atom. The average Bonchev–Trinajstić information content (AvgIpc) is 2.36. The molecular weight excluding hydrogens is 391 g/mol. The minimum absolute atomic E-state index is 0.237. The van der Waals surface area contributed by atoms with Crippen LogP contribution in [0.4, 0.5) is 15.8 Å². The van der Waals surface area contributed by atoms with Crippen LogP contribution in [-0.4, -0.2) is 5.91 Å². The van der Waals surface area contributed by atoms with Gasteiger partial charge in [-0.1, -0.05) is 0 Å². The summed E-state index contributed by atoms with van der Waals surface area (Å²) in [5.74, 6) is -0.778. The molecule has 0 saturated carbocycles. The molecule has 1 amide bonds. The molecule has 2 aromatic carbocycles. The van der Waals surface area contributed by atoms with Crippen molar-refractivity contribution in [2.24, 2.45) is 0 Å². The van der Waals surface area contributed by atoms with Crippen LogP contribution in [-0.2, 0) is 0 Å². The lowest BCUT2D eigenvalue weighted by molar-refractivity contribution is 0.102. The van der Waals surface area contributed by atoms with Crippen LogP contribution in [0.15, 0.2) is 39.3 Å². The van der Waals surface area contributed by atoms with Gasteiger partial charge in [0.15, 0.2) is 0 Å². The maximum Gasteiger partial charge on any atom is 0.255 e. The minimum Gasteiger partial charge on any atom is -0.397 e. The molecule has 0 aliphatic carbocycles. The van der Waals surface area contributed by atoms with Gasteiger partial charge in [0, 0.05) is 10.0 Å². The van der Waals surface area contributed by atoms with Gasteiger partial charge >= 0.3 is 0 Å². The van der Waals surface area contributed by atoms with Crippen molar-refractivity contribution in [3.05, 3.63) is 56.2 Å². The Morgan fingerprint density at radius 3 is 2.50 bits per heavy atom. The predicted molar refractivity (Wildman–Crippen MR) is 85.3 cm³/mol. The zero-order valence-corrected chi connectivity index (χ0v) is 13.7. The van der Waals surface area contributed by atoms with Gasteiger partial charge in [-0.2, -0.15) is 0 Å². The van der Waals surface area contributed by atoms with E-state index in [-0.39, 0.29) is 10.4 Å². The number of nitrogens with two attached hydrogens (primary N) is 1. The van der Waals surface area contributed by atoms with Gasteiger partial charge in [-0.25, -0.2) is 4.39 Å². The lowest BCUT2D eigenvalue weighted by atomic mass is 10.1. The standard InChI is InChI=1S/C14H11Br2FN2O/c1-7-4-10(16)13(12(18)5-7)19-14(20)8-2-3-11(17)9(15)6-8/h2-6H,18H2,1H3,(H,19,20). The van der Waals surface area contributed by atoms with E-state index in [4.69, 9.17) is 5.73 Å². The van der Waals surface area contributed by atoms with Gasteiger partial charge in [-0.05, 0) is 74.7 Å². The number of anilines is 2. The van der Waals surface area contributed by atoms with Crippen LogP contribution in [0, 0.1) is 12.7 Å². The largest absolute Gasteiger partial charge is 0.397 e. The summed E-state index contributed by atoms with van der Waals surface area (Å²) in [5, 5.41) is 2.71. The van der Waals surface area contributed by atoms with Crippen LogP contribution < -0.4 is 11.1 Å². The zero-order chi connectivity index (χ0) is 14.9. The highest BCUT2D eigenvalue weighted by Gasteiger charge is 2.13. The number of hydrogen-bond donors (Lipinski definition) is 2. The first-order valence-corrected chi connectivity index (χ1v) is 7.29. The van der Waals surface area contributed by atoms with Crippen molar-refractivity contribution in [1.29, 1.82) is 0 Å². The number of carbonyl (C=O) groups is 1. The summed E-state index contributed by atoms with van der Waals surface area (Å²) >= 11 is 6.41. The van der Waals surface area contributed by atoms with Crippen molar-refractivity contribution in [2.45, 2.75) is 6.92 Å². The summed E-state index contributed by atoms with van der Waals surface area (Å²) < 4.78 is 14.1. The second kappa shape index (κ2) is 5.93. The third-order valence-electron chi connectivity index (χ3n) is 2.69. The third kappa shape index (κ3) is 3.19. The highest BCUT2D eigenvalue weighted by atomic mass is 79.9. The summed E-state index contributed by atoms with van der Waals surface area (Å²) in [6.45, 7) is 1.91. The van der Waals surface area contributed by atoms with Gasteiger partial charge in [-0.15, -0.1) is 0 Å². The van der Waals surface area contributed by atoms with E-state index in [1.807, 2.05) is 13.0 Å². The summed E-state index contributed by atoms with van der Waals surface area (Å²) in [7, 11) is 0. The summed E-state index contributed by atoms with van der Waals surface area (Å²) in [6.07, 6.45) is 0. The zero-order valence-electron chi connectivity index (χ0n) is 10.5. The maximum absolute atomic E-state index is 13.2. The molecule has 0 spiro atoms. The molecule has 0 fully saturated rings. The Balaban J connectivity index is 2.30. The van der Waals surface area contributed by atoms with E-state index in [0.29, 0.717) is 21.4 Å². The number of halogens is 3. The molecule has 20 heavy (non-hydrogen) atoms. The fourth-order valence-electron chi connectivity index (χ4n) is 1.72. The van der Waals surface area contributed by atoms with Crippen molar-refractivity contribution in [1.82, 2.24) is 0 Å². The van der Waals surface area contributed by atoms with E-state index in [2.05, 4.69) is 37.2 Å². The molecule has 0 radical (unpaired) electrons. The van der Waals surface area contributed by atoms with Crippen LogP contribution in [0.25, 0.3) is 0 Å². The van der Waals surface area contributed by atoms with Crippen molar-refractivity contribution in [3.63, 3.8) is 0 Å². The van der Waals surface area contributed by atoms with E-state index >= 15 is 0 Å². The summed E-state index contributed by atoms with van der Waals surface area (Å²) in [5.41, 5.74) is 8.18. The van der Waals surface area contributed by atoms with E-state index < -0.39 is 5.82 Å². The number of hydrogen-bond acceptors (Lipinski definition) is 2. The monoisotopic (exact) mass is 400 g/mol. The molecule has 0 unspecified atom stereocenters. The first-order chi connectivity index (χ1) is 9.38. The number of rotatable bonds is 2. The molecule has 3 nitrogen and oxygen atoms in total. The van der Waals surface area contributed by atoms with Crippen molar-refractivity contribution in [3.8, 4) is 0 Å². The van der Waals surface area contributed by atoms with E-state index in [1.165, 1.54) is 18.2 Å². The number of amides is 1. The Hall–Kier alpha value is -1.40. The Labute approximate surface area is 132 Å². The lowest BCUT2D eigenvalue weighted by Gasteiger charge is -2.11. The molecule has 3 N–H and O–H groups in total. The molecule has 0 aromatic heterocycles. The van der Waals surface area contributed by atoms with Crippen LogP contribution in [0.2, 0.25) is 0 Å². The van der Waals surface area contributed by atoms with E-state index in [0.717, 1.165) is 5.56 Å². The average molecular weight is 402 g/mol. The van der Waals surface area contributed by atoms with Gasteiger partial charge in [0.25, 0.3) is 5.91 Å². The molecule has 6 heteroatoms. The number of carbonyl (C=O) groups excluding carboxylic acids is 1. The first kappa shape index (κ1) is 15.0. The molecule has 0 saturated heterocycles. The van der Waals surface area contributed by atoms with Gasteiger partial charge < -0.3 is 11.1 Å². The van der Waals surface area contributed by atoms with Gasteiger partial charge in [0.1, 0.15) is 5.82 Å². The van der Waals surface area contributed by atoms with Gasteiger partial charge in [-0.3, -0.25) is 4.79 Å². The SMILES string of the molecule is Cc1cc(N)c(NC(=O)c2ccc(F)c(Br)c2)c(Br)c1. The molecule has 0 heterocycles. The van der Waals surface area contributed by atoms with Gasteiger partial charge in [0.2, 0.25) is 0 Å². The Bertz CT molecular complexity index is 666. The van der Waals surface area contributed by atoms with Crippen molar-refractivity contribution < 1.29 is 9.18 Å². The molecule has 104 valence electrons. The minimum atomic E-state index is -0.419. The molecule has 0 bridgehead atoms. The maximum atomic E-state index is 13.2. The van der Waals surface area contributed by atoms with Crippen molar-refractivity contribution in [2.75, 3.05) is 11.1 Å². The molecule has 0 aliphatic heterocycles. The topological polar surface area (TPSA) is 55.1 Å². The van der Waals surface area contributed by atoms with E-state index in [9.17, 15) is 9.18 Å². The van der Waals surface area contributed by atoms with Crippen LogP contribution >= 0.6 is 31.9 Å². The number of nitrogen functional groups attached to an aromatic ring is 1. The van der Waals surface area contributed by atoms with E-state index in [1.54, 1.807) is 6.07 Å². The number of aryl methyl sites for hydroxylation is 1. The fourth-order valence-corrected chi connectivity index (χ4v) is 2.79. The highest BCUT2D eigenvalue weighted by Crippen LogP contribution is 2.30. The second-order valence-electron chi connectivity index (χ2n) is 4.29. The lowest BCUT2D eigenvalue weighted by Crippen LogP contribution is -2.14. The Kier molecular flexibility index (Phi) is 4.45.